The Bertz CT molecular complexity index is 1280. The van der Waals surface area contributed by atoms with Crippen LogP contribution in [-0.2, 0) is 5.60 Å². The molecule has 2 aliphatic rings. The van der Waals surface area contributed by atoms with E-state index < -0.39 is 47.0 Å². The molecule has 3 N–H and O–H groups in total. The van der Waals surface area contributed by atoms with Gasteiger partial charge in [0, 0.05) is 24.6 Å². The van der Waals surface area contributed by atoms with Gasteiger partial charge in [0.1, 0.15) is 5.69 Å². The first-order valence-corrected chi connectivity index (χ1v) is 13.0. The van der Waals surface area contributed by atoms with Crippen molar-refractivity contribution in [3.8, 4) is 10.4 Å². The van der Waals surface area contributed by atoms with E-state index in [0.717, 1.165) is 36.7 Å². The van der Waals surface area contributed by atoms with Crippen molar-refractivity contribution < 1.29 is 46.1 Å². The minimum Gasteiger partial charge on any atom is -0.388 e. The second-order valence-corrected chi connectivity index (χ2v) is 11.4. The normalized spacial score (nSPS) is 24.0. The fourth-order valence-electron chi connectivity index (χ4n) is 4.69. The van der Waals surface area contributed by atoms with E-state index in [1.807, 2.05) is 6.92 Å². The van der Waals surface area contributed by atoms with Crippen LogP contribution >= 0.6 is 11.3 Å². The fraction of sp³-hybridized carbons (Fsp3) is 0.560. The van der Waals surface area contributed by atoms with E-state index in [0.29, 0.717) is 25.1 Å². The highest BCUT2D eigenvalue weighted by Gasteiger charge is 2.71. The lowest BCUT2D eigenvalue weighted by atomic mass is 9.89. The molecule has 0 bridgehead atoms. The van der Waals surface area contributed by atoms with Crippen LogP contribution in [0.15, 0.2) is 18.2 Å². The average molecular weight is 580 g/mol. The lowest BCUT2D eigenvalue weighted by Crippen LogP contribution is -2.53. The summed E-state index contributed by atoms with van der Waals surface area (Å²) in [7, 11) is 0. The van der Waals surface area contributed by atoms with E-state index in [9.17, 15) is 46.1 Å². The first kappa shape index (κ1) is 29.3. The molecule has 0 spiro atoms. The number of alkyl halides is 6. The van der Waals surface area contributed by atoms with Gasteiger partial charge >= 0.3 is 12.4 Å². The van der Waals surface area contributed by atoms with Gasteiger partial charge in [-0.2, -0.15) is 26.3 Å². The van der Waals surface area contributed by atoms with Crippen LogP contribution in [0, 0.1) is 6.92 Å². The van der Waals surface area contributed by atoms with E-state index in [-0.39, 0.29) is 32.7 Å². The molecular formula is C25H27F6N3O4S. The number of piperidine rings is 1. The van der Waals surface area contributed by atoms with Gasteiger partial charge in [0.25, 0.3) is 17.4 Å². The molecule has 2 amide bonds. The molecule has 1 saturated heterocycles. The number of thiazole rings is 1. The number of carbonyl (C=O) groups is 2. The molecule has 1 aromatic heterocycles. The van der Waals surface area contributed by atoms with Crippen molar-refractivity contribution in [3.63, 3.8) is 0 Å². The number of nitrogens with one attached hydrogen (secondary N) is 1. The fourth-order valence-corrected chi connectivity index (χ4v) is 5.74. The molecule has 39 heavy (non-hydrogen) atoms. The number of aromatic nitrogens is 1. The van der Waals surface area contributed by atoms with Crippen molar-refractivity contribution in [1.82, 2.24) is 15.2 Å². The maximum absolute atomic E-state index is 13.5. The SMILES string of the molecule is Cc1cc(C(O)(C(F)(F)F)C(F)(F)F)ccc1-c1sc(C(=O)N[C@H]2C[C@]2(C)O)nc1C(=O)N1CCCC[C@@H]1C. The molecule has 1 aliphatic heterocycles. The van der Waals surface area contributed by atoms with Crippen LogP contribution in [0.5, 0.6) is 0 Å². The van der Waals surface area contributed by atoms with Crippen molar-refractivity contribution in [2.45, 2.75) is 82.1 Å². The van der Waals surface area contributed by atoms with Crippen molar-refractivity contribution >= 4 is 23.2 Å². The molecule has 2 fully saturated rings. The van der Waals surface area contributed by atoms with Crippen molar-refractivity contribution in [2.24, 2.45) is 0 Å². The van der Waals surface area contributed by atoms with Crippen LogP contribution in [0.25, 0.3) is 10.4 Å². The summed E-state index contributed by atoms with van der Waals surface area (Å²) in [6.07, 6.45) is -9.41. The molecule has 14 heteroatoms. The standard InChI is InChI=1S/C25H27F6N3O4S/c1-12-10-14(23(38,24(26,27)28)25(29,30)31)7-8-15(12)18-17(21(36)34-9-5-4-6-13(34)2)33-20(39-18)19(35)32-16-11-22(16,3)37/h7-8,10,13,16,37-38H,4-6,9,11H2,1-3H3,(H,32,35)/t13-,16-,22-/m0/s1. The monoisotopic (exact) mass is 579 g/mol. The van der Waals surface area contributed by atoms with Crippen LogP contribution in [0.3, 0.4) is 0 Å². The van der Waals surface area contributed by atoms with Gasteiger partial charge in [-0.25, -0.2) is 4.98 Å². The van der Waals surface area contributed by atoms with Crippen LogP contribution in [0.1, 0.15) is 70.9 Å². The number of aliphatic hydroxyl groups is 2. The largest absolute Gasteiger partial charge is 0.430 e. The van der Waals surface area contributed by atoms with Gasteiger partial charge in [-0.15, -0.1) is 11.3 Å². The number of hydrogen-bond donors (Lipinski definition) is 3. The summed E-state index contributed by atoms with van der Waals surface area (Å²) < 4.78 is 80.5. The zero-order valence-corrected chi connectivity index (χ0v) is 22.0. The summed E-state index contributed by atoms with van der Waals surface area (Å²) in [5.41, 5.74) is -7.78. The molecule has 2 heterocycles. The Labute approximate surface area is 223 Å². The van der Waals surface area contributed by atoms with Crippen LogP contribution in [-0.4, -0.2) is 68.5 Å². The lowest BCUT2D eigenvalue weighted by molar-refractivity contribution is -0.376. The van der Waals surface area contributed by atoms with Crippen molar-refractivity contribution in [2.75, 3.05) is 6.54 Å². The molecule has 1 aromatic carbocycles. The Morgan fingerprint density at radius 3 is 2.28 bits per heavy atom. The molecule has 0 unspecified atom stereocenters. The molecule has 3 atom stereocenters. The number of halogens is 6. The van der Waals surface area contributed by atoms with Gasteiger partial charge in [-0.3, -0.25) is 9.59 Å². The molecule has 4 rings (SSSR count). The van der Waals surface area contributed by atoms with Gasteiger partial charge in [0.05, 0.1) is 16.5 Å². The lowest BCUT2D eigenvalue weighted by Gasteiger charge is -2.33. The summed E-state index contributed by atoms with van der Waals surface area (Å²) in [5.74, 6) is -1.19. The number of carbonyl (C=O) groups excluding carboxylic acids is 2. The molecule has 1 saturated carbocycles. The Morgan fingerprint density at radius 2 is 1.77 bits per heavy atom. The second kappa shape index (κ2) is 9.73. The van der Waals surface area contributed by atoms with Gasteiger partial charge < -0.3 is 20.4 Å². The number of aryl methyl sites for hydroxylation is 1. The molecule has 2 aromatic rings. The van der Waals surface area contributed by atoms with Crippen molar-refractivity contribution in [3.05, 3.63) is 40.0 Å². The summed E-state index contributed by atoms with van der Waals surface area (Å²) >= 11 is 0.764. The topological polar surface area (TPSA) is 103 Å². The number of nitrogens with zero attached hydrogens (tertiary/aromatic N) is 2. The van der Waals surface area contributed by atoms with E-state index >= 15 is 0 Å². The van der Waals surface area contributed by atoms with Gasteiger partial charge in [-0.1, -0.05) is 18.2 Å². The Morgan fingerprint density at radius 1 is 1.15 bits per heavy atom. The van der Waals surface area contributed by atoms with Gasteiger partial charge in [-0.05, 0) is 51.2 Å². The zero-order valence-electron chi connectivity index (χ0n) is 21.2. The minimum atomic E-state index is -6.05. The van der Waals surface area contributed by atoms with Crippen molar-refractivity contribution in [1.29, 1.82) is 0 Å². The number of amides is 2. The highest BCUT2D eigenvalue weighted by Crippen LogP contribution is 2.50. The smallest absolute Gasteiger partial charge is 0.388 e. The molecule has 0 radical (unpaired) electrons. The first-order chi connectivity index (χ1) is 17.9. The van der Waals surface area contributed by atoms with Gasteiger partial charge in [0.15, 0.2) is 5.01 Å². The van der Waals surface area contributed by atoms with E-state index in [4.69, 9.17) is 0 Å². The molecular weight excluding hydrogens is 552 g/mol. The number of benzene rings is 1. The number of hydrogen-bond acceptors (Lipinski definition) is 6. The Kier molecular flexibility index (Phi) is 7.31. The second-order valence-electron chi connectivity index (χ2n) is 10.4. The van der Waals surface area contributed by atoms with Crippen LogP contribution in [0.4, 0.5) is 26.3 Å². The van der Waals surface area contributed by atoms with Gasteiger partial charge in [0.2, 0.25) is 0 Å². The Balaban J connectivity index is 1.79. The quantitative estimate of drug-likeness (QED) is 0.446. The summed E-state index contributed by atoms with van der Waals surface area (Å²) in [5, 5.41) is 22.2. The molecule has 1 aliphatic carbocycles. The molecule has 214 valence electrons. The zero-order chi connectivity index (χ0) is 29.1. The van der Waals surface area contributed by atoms with E-state index in [2.05, 4.69) is 10.3 Å². The summed E-state index contributed by atoms with van der Waals surface area (Å²) in [6, 6.07) is 1.35. The average Bonchev–Trinajstić information content (AvgIpc) is 3.22. The third-order valence-electron chi connectivity index (χ3n) is 7.31. The predicted molar refractivity (Wildman–Crippen MR) is 129 cm³/mol. The highest BCUT2D eigenvalue weighted by atomic mass is 32.1. The third-order valence-corrected chi connectivity index (χ3v) is 8.40. The predicted octanol–water partition coefficient (Wildman–Crippen LogP) is 4.70. The highest BCUT2D eigenvalue weighted by molar-refractivity contribution is 7.17. The van der Waals surface area contributed by atoms with E-state index in [1.165, 1.54) is 13.8 Å². The van der Waals surface area contributed by atoms with E-state index in [1.54, 1.807) is 4.90 Å². The maximum Gasteiger partial charge on any atom is 0.430 e. The van der Waals surface area contributed by atoms with Crippen LogP contribution in [0.2, 0.25) is 0 Å². The first-order valence-electron chi connectivity index (χ1n) is 12.2. The maximum atomic E-state index is 13.5. The number of rotatable bonds is 5. The Hall–Kier alpha value is -2.71. The summed E-state index contributed by atoms with van der Waals surface area (Å²) in [4.78, 5) is 32.3. The number of likely N-dealkylation sites (tertiary alicyclic amines) is 1. The summed E-state index contributed by atoms with van der Waals surface area (Å²) in [6.45, 7) is 5.04. The minimum absolute atomic E-state index is 0.0911. The third kappa shape index (κ3) is 5.25. The molecule has 7 nitrogen and oxygen atoms in total. The van der Waals surface area contributed by atoms with Crippen LogP contribution < -0.4 is 5.32 Å².